The zero-order chi connectivity index (χ0) is 12.7. The Balaban J connectivity index is 2.19. The molecular formula is C13H16BrN3O. The van der Waals surface area contributed by atoms with Crippen LogP contribution in [0.4, 0.5) is 0 Å². The molecule has 0 bridgehead atoms. The molecule has 1 fully saturated rings. The summed E-state index contributed by atoms with van der Waals surface area (Å²) < 4.78 is 2.86. The van der Waals surface area contributed by atoms with Crippen molar-refractivity contribution in [3.05, 3.63) is 33.2 Å². The maximum absolute atomic E-state index is 12.2. The SMILES string of the molecule is CC1CNCCC1n1c(=O)[nH]c2c(Br)cccc21. The Kier molecular flexibility index (Phi) is 3.03. The van der Waals surface area contributed by atoms with Crippen LogP contribution >= 0.6 is 15.9 Å². The van der Waals surface area contributed by atoms with Gasteiger partial charge in [0.05, 0.1) is 11.0 Å². The Hall–Kier alpha value is -1.07. The molecular weight excluding hydrogens is 294 g/mol. The highest BCUT2D eigenvalue weighted by Gasteiger charge is 2.25. The highest BCUT2D eigenvalue weighted by atomic mass is 79.9. The van der Waals surface area contributed by atoms with Crippen LogP contribution in [0.3, 0.4) is 0 Å². The highest BCUT2D eigenvalue weighted by Crippen LogP contribution is 2.28. The first-order valence-corrected chi connectivity index (χ1v) is 7.07. The topological polar surface area (TPSA) is 49.8 Å². The first kappa shape index (κ1) is 12.0. The van der Waals surface area contributed by atoms with E-state index in [9.17, 15) is 4.79 Å². The van der Waals surface area contributed by atoms with Crippen molar-refractivity contribution in [3.8, 4) is 0 Å². The fourth-order valence-electron chi connectivity index (χ4n) is 2.83. The van der Waals surface area contributed by atoms with E-state index in [4.69, 9.17) is 0 Å². The summed E-state index contributed by atoms with van der Waals surface area (Å²) in [6, 6.07) is 6.21. The molecule has 2 atom stereocenters. The number of hydrogen-bond donors (Lipinski definition) is 2. The van der Waals surface area contributed by atoms with E-state index in [0.29, 0.717) is 5.92 Å². The van der Waals surface area contributed by atoms with Crippen molar-refractivity contribution in [1.82, 2.24) is 14.9 Å². The predicted octanol–water partition coefficient (Wildman–Crippen LogP) is 2.26. The van der Waals surface area contributed by atoms with Gasteiger partial charge in [0.1, 0.15) is 0 Å². The summed E-state index contributed by atoms with van der Waals surface area (Å²) in [6.45, 7) is 4.14. The maximum atomic E-state index is 12.2. The molecule has 5 heteroatoms. The van der Waals surface area contributed by atoms with Crippen molar-refractivity contribution in [2.75, 3.05) is 13.1 Å². The molecule has 1 aliphatic heterocycles. The number of hydrogen-bond acceptors (Lipinski definition) is 2. The Morgan fingerprint density at radius 3 is 3.06 bits per heavy atom. The Bertz CT molecular complexity index is 631. The number of nitrogens with zero attached hydrogens (tertiary/aromatic N) is 1. The first-order chi connectivity index (χ1) is 8.68. The number of fused-ring (bicyclic) bond motifs is 1. The second-order valence-electron chi connectivity index (χ2n) is 4.97. The lowest BCUT2D eigenvalue weighted by Gasteiger charge is -2.30. The third-order valence-corrected chi connectivity index (χ3v) is 4.43. The monoisotopic (exact) mass is 309 g/mol. The number of rotatable bonds is 1. The molecule has 1 aromatic carbocycles. The number of aromatic nitrogens is 2. The summed E-state index contributed by atoms with van der Waals surface area (Å²) in [5.41, 5.74) is 1.89. The normalized spacial score (nSPS) is 24.6. The summed E-state index contributed by atoms with van der Waals surface area (Å²) in [7, 11) is 0. The average Bonchev–Trinajstić information content (AvgIpc) is 2.68. The average molecular weight is 310 g/mol. The van der Waals surface area contributed by atoms with E-state index in [-0.39, 0.29) is 11.7 Å². The quantitative estimate of drug-likeness (QED) is 0.849. The van der Waals surface area contributed by atoms with Crippen molar-refractivity contribution in [3.63, 3.8) is 0 Å². The highest BCUT2D eigenvalue weighted by molar-refractivity contribution is 9.10. The van der Waals surface area contributed by atoms with Crippen molar-refractivity contribution in [2.45, 2.75) is 19.4 Å². The van der Waals surface area contributed by atoms with E-state index in [1.807, 2.05) is 22.8 Å². The van der Waals surface area contributed by atoms with Gasteiger partial charge in [-0.25, -0.2) is 4.79 Å². The van der Waals surface area contributed by atoms with Gasteiger partial charge in [0.25, 0.3) is 0 Å². The van der Waals surface area contributed by atoms with Gasteiger partial charge in [0, 0.05) is 10.5 Å². The largest absolute Gasteiger partial charge is 0.326 e. The molecule has 2 aromatic rings. The van der Waals surface area contributed by atoms with Crippen molar-refractivity contribution in [2.24, 2.45) is 5.92 Å². The van der Waals surface area contributed by atoms with Crippen LogP contribution in [0, 0.1) is 5.92 Å². The van der Waals surface area contributed by atoms with Crippen LogP contribution in [-0.4, -0.2) is 22.6 Å². The lowest BCUT2D eigenvalue weighted by atomic mass is 9.95. The standard InChI is InChI=1S/C13H16BrN3O/c1-8-7-15-6-5-10(8)17-11-4-2-3-9(14)12(11)16-13(17)18/h2-4,8,10,15H,5-7H2,1H3,(H,16,18). The van der Waals surface area contributed by atoms with Gasteiger partial charge in [0.15, 0.2) is 0 Å². The van der Waals surface area contributed by atoms with Gasteiger partial charge in [0.2, 0.25) is 0 Å². The van der Waals surface area contributed by atoms with Crippen LogP contribution in [0.5, 0.6) is 0 Å². The molecule has 96 valence electrons. The summed E-state index contributed by atoms with van der Waals surface area (Å²) in [6.07, 6.45) is 1.00. The molecule has 1 aliphatic rings. The minimum Gasteiger partial charge on any atom is -0.316 e. The summed E-state index contributed by atoms with van der Waals surface area (Å²) in [5, 5.41) is 3.37. The molecule has 1 saturated heterocycles. The molecule has 0 saturated carbocycles. The molecule has 4 nitrogen and oxygen atoms in total. The lowest BCUT2D eigenvalue weighted by molar-refractivity contribution is 0.274. The molecule has 0 aliphatic carbocycles. The zero-order valence-corrected chi connectivity index (χ0v) is 11.8. The number of imidazole rings is 1. The van der Waals surface area contributed by atoms with Gasteiger partial charge in [-0.05, 0) is 53.5 Å². The lowest BCUT2D eigenvalue weighted by Crippen LogP contribution is -2.39. The maximum Gasteiger partial charge on any atom is 0.326 e. The second-order valence-corrected chi connectivity index (χ2v) is 5.83. The molecule has 2 N–H and O–H groups in total. The molecule has 3 rings (SSSR count). The fraction of sp³-hybridized carbons (Fsp3) is 0.462. The Morgan fingerprint density at radius 1 is 1.44 bits per heavy atom. The van der Waals surface area contributed by atoms with Gasteiger partial charge < -0.3 is 10.3 Å². The van der Waals surface area contributed by atoms with Crippen LogP contribution in [0.1, 0.15) is 19.4 Å². The van der Waals surface area contributed by atoms with Crippen LogP contribution < -0.4 is 11.0 Å². The zero-order valence-electron chi connectivity index (χ0n) is 10.2. The molecule has 1 aromatic heterocycles. The third-order valence-electron chi connectivity index (χ3n) is 3.77. The number of nitrogens with one attached hydrogen (secondary N) is 2. The summed E-state index contributed by atoms with van der Waals surface area (Å²) >= 11 is 3.49. The smallest absolute Gasteiger partial charge is 0.316 e. The van der Waals surface area contributed by atoms with Crippen LogP contribution in [-0.2, 0) is 0 Å². The minimum absolute atomic E-state index is 0.00403. The van der Waals surface area contributed by atoms with E-state index in [2.05, 4.69) is 33.2 Å². The third kappa shape index (κ3) is 1.82. The van der Waals surface area contributed by atoms with E-state index < -0.39 is 0 Å². The molecule has 2 heterocycles. The number of benzene rings is 1. The fourth-order valence-corrected chi connectivity index (χ4v) is 3.28. The number of para-hydroxylation sites is 1. The van der Waals surface area contributed by atoms with Crippen molar-refractivity contribution < 1.29 is 0 Å². The van der Waals surface area contributed by atoms with Gasteiger partial charge in [-0.3, -0.25) is 4.57 Å². The van der Waals surface area contributed by atoms with E-state index in [0.717, 1.165) is 35.0 Å². The van der Waals surface area contributed by atoms with Crippen LogP contribution in [0.25, 0.3) is 11.0 Å². The summed E-state index contributed by atoms with van der Waals surface area (Å²) in [5.74, 6) is 0.467. The van der Waals surface area contributed by atoms with E-state index in [1.54, 1.807) is 0 Å². The van der Waals surface area contributed by atoms with E-state index in [1.165, 1.54) is 0 Å². The first-order valence-electron chi connectivity index (χ1n) is 6.28. The molecule has 0 spiro atoms. The number of H-pyrrole nitrogens is 1. The molecule has 0 amide bonds. The number of halogens is 1. The van der Waals surface area contributed by atoms with E-state index >= 15 is 0 Å². The Morgan fingerprint density at radius 2 is 2.28 bits per heavy atom. The van der Waals surface area contributed by atoms with Crippen LogP contribution in [0.15, 0.2) is 27.5 Å². The predicted molar refractivity (Wildman–Crippen MR) is 75.9 cm³/mol. The minimum atomic E-state index is -0.00403. The number of aromatic amines is 1. The van der Waals surface area contributed by atoms with Gasteiger partial charge in [-0.1, -0.05) is 13.0 Å². The van der Waals surface area contributed by atoms with Gasteiger partial charge >= 0.3 is 5.69 Å². The van der Waals surface area contributed by atoms with Gasteiger partial charge in [-0.15, -0.1) is 0 Å². The van der Waals surface area contributed by atoms with Crippen molar-refractivity contribution >= 4 is 27.0 Å². The molecule has 2 unspecified atom stereocenters. The summed E-state index contributed by atoms with van der Waals surface area (Å²) in [4.78, 5) is 15.2. The van der Waals surface area contributed by atoms with Crippen LogP contribution in [0.2, 0.25) is 0 Å². The van der Waals surface area contributed by atoms with Crippen molar-refractivity contribution in [1.29, 1.82) is 0 Å². The Labute approximate surface area is 114 Å². The second kappa shape index (κ2) is 4.55. The number of piperidine rings is 1. The van der Waals surface area contributed by atoms with Gasteiger partial charge in [-0.2, -0.15) is 0 Å². The molecule has 18 heavy (non-hydrogen) atoms. The molecule has 0 radical (unpaired) electrons.